The molecule has 2 aromatic carbocycles. The molecule has 1 N–H and O–H groups in total. The van der Waals surface area contributed by atoms with Gasteiger partial charge in [-0.1, -0.05) is 42.5 Å². The van der Waals surface area contributed by atoms with Gasteiger partial charge in [-0.25, -0.2) is 9.80 Å². The highest BCUT2D eigenvalue weighted by Gasteiger charge is 2.24. The molecule has 0 unspecified atom stereocenters. The van der Waals surface area contributed by atoms with Crippen LogP contribution in [0.15, 0.2) is 73.1 Å². The number of hydrogen-bond donors (Lipinski definition) is 1. The normalized spacial score (nSPS) is 12.6. The van der Waals surface area contributed by atoms with Crippen LogP contribution >= 0.6 is 12.4 Å². The predicted octanol–water partition coefficient (Wildman–Crippen LogP) is 4.48. The minimum Gasteiger partial charge on any atom is -0.410 e. The van der Waals surface area contributed by atoms with Crippen molar-refractivity contribution in [1.29, 1.82) is 0 Å². The summed E-state index contributed by atoms with van der Waals surface area (Å²) < 4.78 is 5.71. The molecule has 3 aromatic rings. The van der Waals surface area contributed by atoms with Crippen LogP contribution in [0.3, 0.4) is 0 Å². The molecule has 1 aliphatic heterocycles. The van der Waals surface area contributed by atoms with Gasteiger partial charge in [0.2, 0.25) is 0 Å². The van der Waals surface area contributed by atoms with Crippen LogP contribution in [0.25, 0.3) is 0 Å². The Bertz CT molecular complexity index is 954. The highest BCUT2D eigenvalue weighted by molar-refractivity contribution is 5.85. The molecule has 0 fully saturated rings. The van der Waals surface area contributed by atoms with Gasteiger partial charge in [0.15, 0.2) is 0 Å². The number of carbonyl (C=O) groups is 1. The van der Waals surface area contributed by atoms with Crippen LogP contribution in [0.5, 0.6) is 5.75 Å². The number of anilines is 1. The average molecular weight is 411 g/mol. The van der Waals surface area contributed by atoms with Gasteiger partial charge < -0.3 is 15.1 Å². The lowest BCUT2D eigenvalue weighted by Crippen LogP contribution is -2.29. The van der Waals surface area contributed by atoms with Crippen molar-refractivity contribution in [3.8, 4) is 5.75 Å². The number of nitrogens with one attached hydrogen (secondary N) is 1. The molecular weight excluding hydrogens is 388 g/mol. The number of pyridine rings is 1. The largest absolute Gasteiger partial charge is 0.415 e. The minimum atomic E-state index is -0.363. The van der Waals surface area contributed by atoms with Gasteiger partial charge >= 0.3 is 6.09 Å². The van der Waals surface area contributed by atoms with Crippen molar-refractivity contribution in [1.82, 2.24) is 14.9 Å². The molecule has 0 radical (unpaired) electrons. The van der Waals surface area contributed by atoms with Crippen molar-refractivity contribution < 1.29 is 9.53 Å². The molecule has 150 valence electrons. The Morgan fingerprint density at radius 3 is 2.59 bits per heavy atom. The summed E-state index contributed by atoms with van der Waals surface area (Å²) in [7, 11) is 1.75. The fourth-order valence-corrected chi connectivity index (χ4v) is 3.27. The number of benzene rings is 2. The number of ether oxygens (including phenoxy) is 1. The Balaban J connectivity index is 0.00000240. The van der Waals surface area contributed by atoms with Crippen LogP contribution in [-0.2, 0) is 19.6 Å². The van der Waals surface area contributed by atoms with E-state index < -0.39 is 0 Å². The zero-order valence-corrected chi connectivity index (χ0v) is 16.9. The second kappa shape index (κ2) is 9.41. The van der Waals surface area contributed by atoms with Crippen molar-refractivity contribution in [2.45, 2.75) is 19.6 Å². The van der Waals surface area contributed by atoms with Crippen molar-refractivity contribution in [2.75, 3.05) is 12.5 Å². The van der Waals surface area contributed by atoms with Crippen LogP contribution in [0.2, 0.25) is 0 Å². The number of fused-ring (bicyclic) bond motifs is 1. The molecule has 4 rings (SSSR count). The number of aromatic nitrogens is 1. The second-order valence-electron chi connectivity index (χ2n) is 6.81. The van der Waals surface area contributed by atoms with E-state index in [0.717, 1.165) is 28.9 Å². The molecule has 7 heteroatoms. The third kappa shape index (κ3) is 5.04. The van der Waals surface area contributed by atoms with E-state index in [9.17, 15) is 4.79 Å². The maximum absolute atomic E-state index is 12.6. The molecule has 0 atom stereocenters. The summed E-state index contributed by atoms with van der Waals surface area (Å²) in [5.74, 6) is 0.612. The molecule has 6 nitrogen and oxygen atoms in total. The van der Waals surface area contributed by atoms with Gasteiger partial charge in [0.25, 0.3) is 0 Å². The summed E-state index contributed by atoms with van der Waals surface area (Å²) in [6, 6.07) is 19.5. The van der Waals surface area contributed by atoms with Gasteiger partial charge in [-0.05, 0) is 29.3 Å². The SMILES string of the molecule is CN(Cc1ccccc1)C(=O)Oc1cccc2c1CN(Nc1ccncc1)C2.Cl. The summed E-state index contributed by atoms with van der Waals surface area (Å²) in [6.07, 6.45) is 3.14. The smallest absolute Gasteiger partial charge is 0.410 e. The molecule has 0 saturated heterocycles. The Kier molecular flexibility index (Phi) is 6.69. The third-order valence-corrected chi connectivity index (χ3v) is 4.68. The van der Waals surface area contributed by atoms with Gasteiger partial charge in [0.05, 0.1) is 5.69 Å². The van der Waals surface area contributed by atoms with Crippen molar-refractivity contribution in [3.05, 3.63) is 89.7 Å². The lowest BCUT2D eigenvalue weighted by molar-refractivity contribution is 0.160. The first-order valence-electron chi connectivity index (χ1n) is 9.18. The maximum atomic E-state index is 12.6. The average Bonchev–Trinajstić information content (AvgIpc) is 3.13. The number of amides is 1. The fourth-order valence-electron chi connectivity index (χ4n) is 3.27. The number of halogens is 1. The predicted molar refractivity (Wildman–Crippen MR) is 115 cm³/mol. The first-order chi connectivity index (χ1) is 13.7. The van der Waals surface area contributed by atoms with E-state index in [1.807, 2.05) is 54.6 Å². The van der Waals surface area contributed by atoms with Crippen molar-refractivity contribution in [3.63, 3.8) is 0 Å². The third-order valence-electron chi connectivity index (χ3n) is 4.68. The van der Waals surface area contributed by atoms with Crippen LogP contribution in [0.4, 0.5) is 10.5 Å². The highest BCUT2D eigenvalue weighted by atomic mass is 35.5. The number of hydrogen-bond acceptors (Lipinski definition) is 5. The van der Waals surface area contributed by atoms with Crippen LogP contribution in [0.1, 0.15) is 16.7 Å². The quantitative estimate of drug-likeness (QED) is 0.672. The first-order valence-corrected chi connectivity index (χ1v) is 9.18. The molecule has 0 aliphatic carbocycles. The molecule has 1 aliphatic rings. The first kappa shape index (κ1) is 20.6. The summed E-state index contributed by atoms with van der Waals surface area (Å²) in [6.45, 7) is 1.90. The maximum Gasteiger partial charge on any atom is 0.415 e. The van der Waals surface area contributed by atoms with Crippen molar-refractivity contribution in [2.24, 2.45) is 0 Å². The summed E-state index contributed by atoms with van der Waals surface area (Å²) in [5, 5.41) is 2.09. The zero-order valence-electron chi connectivity index (χ0n) is 16.1. The monoisotopic (exact) mass is 410 g/mol. The molecule has 29 heavy (non-hydrogen) atoms. The van der Waals surface area contributed by atoms with Gasteiger partial charge in [0, 0.05) is 44.6 Å². The highest BCUT2D eigenvalue weighted by Crippen LogP contribution is 2.31. The van der Waals surface area contributed by atoms with E-state index >= 15 is 0 Å². The van der Waals surface area contributed by atoms with E-state index in [1.165, 1.54) is 0 Å². The van der Waals surface area contributed by atoms with Crippen LogP contribution < -0.4 is 10.2 Å². The Labute approximate surface area is 176 Å². The summed E-state index contributed by atoms with van der Waals surface area (Å²) in [4.78, 5) is 18.2. The summed E-state index contributed by atoms with van der Waals surface area (Å²) in [5.41, 5.74) is 7.59. The van der Waals surface area contributed by atoms with E-state index in [0.29, 0.717) is 18.8 Å². The number of nitrogens with zero attached hydrogens (tertiary/aromatic N) is 3. The van der Waals surface area contributed by atoms with Crippen molar-refractivity contribution >= 4 is 24.2 Å². The number of hydrazine groups is 1. The lowest BCUT2D eigenvalue weighted by Gasteiger charge is -2.19. The molecule has 0 saturated carbocycles. The Morgan fingerprint density at radius 1 is 1.07 bits per heavy atom. The number of carbonyl (C=O) groups excluding carboxylic acids is 1. The van der Waals surface area contributed by atoms with Gasteiger partial charge in [0.1, 0.15) is 5.75 Å². The number of rotatable bonds is 5. The fraction of sp³-hybridized carbons (Fsp3) is 0.182. The van der Waals surface area contributed by atoms with E-state index in [-0.39, 0.29) is 18.5 Å². The standard InChI is InChI=1S/C22H22N4O2.ClH/c1-25(14-17-6-3-2-4-7-17)22(27)28-21-9-5-8-18-15-26(16-20(18)21)24-19-10-12-23-13-11-19;/h2-13H,14-16H2,1H3,(H,23,24);1H. The Morgan fingerprint density at radius 2 is 1.83 bits per heavy atom. The van der Waals surface area contributed by atoms with Gasteiger partial charge in [-0.15, -0.1) is 12.4 Å². The molecule has 2 heterocycles. The molecular formula is C22H23ClN4O2. The molecule has 0 spiro atoms. The van der Waals surface area contributed by atoms with Crippen LogP contribution in [0, 0.1) is 0 Å². The van der Waals surface area contributed by atoms with E-state index in [1.54, 1.807) is 24.3 Å². The Hall–Kier alpha value is -3.09. The topological polar surface area (TPSA) is 57.7 Å². The molecule has 1 amide bonds. The zero-order chi connectivity index (χ0) is 19.3. The lowest BCUT2D eigenvalue weighted by atomic mass is 10.1. The second-order valence-corrected chi connectivity index (χ2v) is 6.81. The van der Waals surface area contributed by atoms with Gasteiger partial charge in [-0.2, -0.15) is 0 Å². The molecule has 1 aromatic heterocycles. The summed E-state index contributed by atoms with van der Waals surface area (Å²) >= 11 is 0. The van der Waals surface area contributed by atoms with Crippen LogP contribution in [-0.4, -0.2) is 28.0 Å². The van der Waals surface area contributed by atoms with E-state index in [4.69, 9.17) is 4.74 Å². The van der Waals surface area contributed by atoms with Gasteiger partial charge in [-0.3, -0.25) is 4.98 Å². The minimum absolute atomic E-state index is 0. The molecule has 0 bridgehead atoms. The van der Waals surface area contributed by atoms with E-state index in [2.05, 4.69) is 21.5 Å².